The van der Waals surface area contributed by atoms with Gasteiger partial charge in [0.1, 0.15) is 6.29 Å². The second-order valence-corrected chi connectivity index (χ2v) is 5.33. The van der Waals surface area contributed by atoms with Crippen LogP contribution in [0.1, 0.15) is 37.7 Å². The van der Waals surface area contributed by atoms with E-state index in [0.29, 0.717) is 0 Å². The van der Waals surface area contributed by atoms with Gasteiger partial charge >= 0.3 is 0 Å². The van der Waals surface area contributed by atoms with Gasteiger partial charge in [-0.05, 0) is 30.7 Å². The zero-order valence-electron chi connectivity index (χ0n) is 9.56. The predicted octanol–water partition coefficient (Wildman–Crippen LogP) is 3.33. The van der Waals surface area contributed by atoms with Crippen molar-refractivity contribution in [1.29, 1.82) is 0 Å². The number of hydrogen-bond acceptors (Lipinski definition) is 1. The van der Waals surface area contributed by atoms with Crippen LogP contribution in [0.3, 0.4) is 0 Å². The van der Waals surface area contributed by atoms with E-state index in [4.69, 9.17) is 0 Å². The maximum absolute atomic E-state index is 11.1. The number of carbonyl (C=O) groups excluding carboxylic acids is 1. The minimum absolute atomic E-state index is 0.222. The van der Waals surface area contributed by atoms with Gasteiger partial charge in [0, 0.05) is 11.3 Å². The van der Waals surface area contributed by atoms with E-state index in [-0.39, 0.29) is 11.3 Å². The van der Waals surface area contributed by atoms with Crippen molar-refractivity contribution in [2.75, 3.05) is 0 Å². The smallest absolute Gasteiger partial charge is 0.124 e. The van der Waals surface area contributed by atoms with E-state index in [1.807, 2.05) is 0 Å². The normalized spacial score (nSPS) is 33.9. The summed E-state index contributed by atoms with van der Waals surface area (Å²) in [6.45, 7) is 0. The lowest BCUT2D eigenvalue weighted by atomic mass is 9.80. The standard InChI is InChI=1S/C15H18O/c16-11-14-10-15(14,13-8-4-5-9-13)12-6-2-1-3-7-12/h1-3,6-7,11,13-14H,4-5,8-10H2. The van der Waals surface area contributed by atoms with Crippen molar-refractivity contribution in [3.05, 3.63) is 35.9 Å². The molecule has 0 spiro atoms. The summed E-state index contributed by atoms with van der Waals surface area (Å²) in [6.07, 6.45) is 7.62. The van der Waals surface area contributed by atoms with Crippen LogP contribution in [0.15, 0.2) is 30.3 Å². The van der Waals surface area contributed by atoms with Gasteiger partial charge in [-0.15, -0.1) is 0 Å². The Labute approximate surface area is 96.9 Å². The fourth-order valence-electron chi connectivity index (χ4n) is 3.70. The average Bonchev–Trinajstić information content (AvgIpc) is 2.84. The van der Waals surface area contributed by atoms with Gasteiger partial charge in [0.05, 0.1) is 0 Å². The van der Waals surface area contributed by atoms with Crippen LogP contribution >= 0.6 is 0 Å². The summed E-state index contributed by atoms with van der Waals surface area (Å²) >= 11 is 0. The monoisotopic (exact) mass is 214 g/mol. The first-order chi connectivity index (χ1) is 7.88. The van der Waals surface area contributed by atoms with E-state index in [2.05, 4.69) is 30.3 Å². The number of carbonyl (C=O) groups is 1. The van der Waals surface area contributed by atoms with Crippen molar-refractivity contribution in [3.8, 4) is 0 Å². The number of rotatable bonds is 3. The summed E-state index contributed by atoms with van der Waals surface area (Å²) < 4.78 is 0. The van der Waals surface area contributed by atoms with Crippen LogP contribution in [0, 0.1) is 11.8 Å². The molecule has 2 aliphatic carbocycles. The van der Waals surface area contributed by atoms with Crippen LogP contribution < -0.4 is 0 Å². The Kier molecular flexibility index (Phi) is 2.34. The third-order valence-corrected chi connectivity index (χ3v) is 4.62. The van der Waals surface area contributed by atoms with Gasteiger partial charge in [0.2, 0.25) is 0 Å². The molecule has 0 N–H and O–H groups in total. The van der Waals surface area contributed by atoms with Gasteiger partial charge in [0.25, 0.3) is 0 Å². The fraction of sp³-hybridized carbons (Fsp3) is 0.533. The second kappa shape index (κ2) is 3.73. The van der Waals surface area contributed by atoms with Crippen LogP contribution in [-0.4, -0.2) is 6.29 Å². The first-order valence-electron chi connectivity index (χ1n) is 6.39. The maximum Gasteiger partial charge on any atom is 0.124 e. The second-order valence-electron chi connectivity index (χ2n) is 5.33. The van der Waals surface area contributed by atoms with E-state index in [0.717, 1.165) is 12.3 Å². The summed E-state index contributed by atoms with van der Waals surface area (Å²) in [5.74, 6) is 1.04. The van der Waals surface area contributed by atoms with Gasteiger partial charge < -0.3 is 4.79 Å². The van der Waals surface area contributed by atoms with Crippen molar-refractivity contribution in [2.45, 2.75) is 37.5 Å². The zero-order chi connectivity index (χ0) is 11.0. The summed E-state index contributed by atoms with van der Waals surface area (Å²) in [7, 11) is 0. The third-order valence-electron chi connectivity index (χ3n) is 4.62. The Bertz CT molecular complexity index is 378. The first-order valence-corrected chi connectivity index (χ1v) is 6.39. The third kappa shape index (κ3) is 1.34. The molecule has 2 unspecified atom stereocenters. The number of aldehydes is 1. The van der Waals surface area contributed by atoms with Gasteiger partial charge in [-0.3, -0.25) is 0 Å². The van der Waals surface area contributed by atoms with Crippen LogP contribution in [-0.2, 0) is 10.2 Å². The van der Waals surface area contributed by atoms with E-state index in [9.17, 15) is 4.79 Å². The van der Waals surface area contributed by atoms with Gasteiger partial charge in [-0.1, -0.05) is 43.2 Å². The Hall–Kier alpha value is -1.11. The molecule has 2 atom stereocenters. The molecule has 2 saturated carbocycles. The maximum atomic E-state index is 11.1. The molecule has 16 heavy (non-hydrogen) atoms. The van der Waals surface area contributed by atoms with E-state index < -0.39 is 0 Å². The average molecular weight is 214 g/mol. The zero-order valence-corrected chi connectivity index (χ0v) is 9.56. The molecule has 0 aromatic heterocycles. The highest BCUT2D eigenvalue weighted by Crippen LogP contribution is 2.61. The summed E-state index contributed by atoms with van der Waals surface area (Å²) in [5.41, 5.74) is 1.62. The molecule has 0 aliphatic heterocycles. The number of hydrogen-bond donors (Lipinski definition) is 0. The molecule has 0 bridgehead atoms. The molecule has 0 radical (unpaired) electrons. The molecule has 2 aliphatic rings. The largest absolute Gasteiger partial charge is 0.303 e. The van der Waals surface area contributed by atoms with Crippen molar-refractivity contribution in [1.82, 2.24) is 0 Å². The van der Waals surface area contributed by atoms with Gasteiger partial charge in [-0.25, -0.2) is 0 Å². The van der Waals surface area contributed by atoms with Crippen molar-refractivity contribution in [2.24, 2.45) is 11.8 Å². The van der Waals surface area contributed by atoms with E-state index in [1.54, 1.807) is 0 Å². The highest BCUT2D eigenvalue weighted by atomic mass is 16.1. The molecule has 0 saturated heterocycles. The summed E-state index contributed by atoms with van der Waals surface area (Å²) in [5, 5.41) is 0. The summed E-state index contributed by atoms with van der Waals surface area (Å²) in [6, 6.07) is 10.7. The fourth-order valence-corrected chi connectivity index (χ4v) is 3.70. The molecule has 3 rings (SSSR count). The Morgan fingerprint density at radius 2 is 1.81 bits per heavy atom. The van der Waals surface area contributed by atoms with Crippen molar-refractivity contribution in [3.63, 3.8) is 0 Å². The highest BCUT2D eigenvalue weighted by molar-refractivity contribution is 5.65. The quantitative estimate of drug-likeness (QED) is 0.705. The predicted molar refractivity (Wildman–Crippen MR) is 64.2 cm³/mol. The Morgan fingerprint density at radius 1 is 1.12 bits per heavy atom. The molecule has 1 heteroatoms. The molecular formula is C15H18O. The van der Waals surface area contributed by atoms with E-state index in [1.165, 1.54) is 37.5 Å². The molecule has 84 valence electrons. The van der Waals surface area contributed by atoms with Crippen molar-refractivity contribution < 1.29 is 4.79 Å². The highest BCUT2D eigenvalue weighted by Gasteiger charge is 2.59. The topological polar surface area (TPSA) is 17.1 Å². The van der Waals surface area contributed by atoms with Crippen LogP contribution in [0.5, 0.6) is 0 Å². The molecule has 1 aromatic carbocycles. The van der Waals surface area contributed by atoms with Crippen LogP contribution in [0.25, 0.3) is 0 Å². The molecule has 0 heterocycles. The lowest BCUT2D eigenvalue weighted by molar-refractivity contribution is -0.109. The molecule has 1 nitrogen and oxygen atoms in total. The lowest BCUT2D eigenvalue weighted by Gasteiger charge is -2.24. The van der Waals surface area contributed by atoms with Gasteiger partial charge in [0.15, 0.2) is 0 Å². The Balaban J connectivity index is 1.95. The first kappa shape index (κ1) is 10.1. The lowest BCUT2D eigenvalue weighted by Crippen LogP contribution is -2.21. The molecule has 0 amide bonds. The minimum atomic E-state index is 0.222. The molecular weight excluding hydrogens is 196 g/mol. The van der Waals surface area contributed by atoms with Gasteiger partial charge in [-0.2, -0.15) is 0 Å². The van der Waals surface area contributed by atoms with Crippen LogP contribution in [0.2, 0.25) is 0 Å². The minimum Gasteiger partial charge on any atom is -0.303 e. The number of benzene rings is 1. The van der Waals surface area contributed by atoms with Crippen molar-refractivity contribution >= 4 is 6.29 Å². The van der Waals surface area contributed by atoms with Crippen LogP contribution in [0.4, 0.5) is 0 Å². The molecule has 2 fully saturated rings. The molecule has 1 aromatic rings. The van der Waals surface area contributed by atoms with E-state index >= 15 is 0 Å². The SMILES string of the molecule is O=CC1CC1(c1ccccc1)C1CCCC1. The Morgan fingerprint density at radius 3 is 2.38 bits per heavy atom. The summed E-state index contributed by atoms with van der Waals surface area (Å²) in [4.78, 5) is 11.1.